The van der Waals surface area contributed by atoms with Gasteiger partial charge in [-0.05, 0) is 19.5 Å². The van der Waals surface area contributed by atoms with E-state index in [0.717, 1.165) is 44.9 Å². The first-order valence-electron chi connectivity index (χ1n) is 5.25. The second-order valence-corrected chi connectivity index (χ2v) is 3.15. The molecular weight excluding hydrogens is 162 g/mol. The molecule has 0 rings (SSSR count). The topological polar surface area (TPSA) is 41.6 Å². The van der Waals surface area contributed by atoms with Crippen molar-refractivity contribution in [1.29, 1.82) is 0 Å². The van der Waals surface area contributed by atoms with E-state index in [9.17, 15) is 0 Å². The Kier molecular flexibility index (Phi) is 7.69. The molecule has 0 radical (unpaired) electrons. The van der Waals surface area contributed by atoms with Gasteiger partial charge < -0.3 is 10.6 Å². The standard InChI is InChI=1S/C10H23N3/c1-4-8-12-10(11)7-9-13(5-2)6-3/h4-9H2,1-3H3,(H2,11,12). The number of nitrogens with two attached hydrogens (primary N) is 1. The highest BCUT2D eigenvalue weighted by Gasteiger charge is 1.99. The molecule has 0 aliphatic carbocycles. The van der Waals surface area contributed by atoms with E-state index < -0.39 is 0 Å². The van der Waals surface area contributed by atoms with Gasteiger partial charge in [0.25, 0.3) is 0 Å². The highest BCUT2D eigenvalue weighted by atomic mass is 15.1. The van der Waals surface area contributed by atoms with E-state index >= 15 is 0 Å². The van der Waals surface area contributed by atoms with Crippen LogP contribution in [0.15, 0.2) is 4.99 Å². The van der Waals surface area contributed by atoms with Gasteiger partial charge in [-0.3, -0.25) is 4.99 Å². The van der Waals surface area contributed by atoms with Crippen molar-refractivity contribution < 1.29 is 0 Å². The largest absolute Gasteiger partial charge is 0.387 e. The third-order valence-electron chi connectivity index (χ3n) is 2.12. The number of amidine groups is 1. The van der Waals surface area contributed by atoms with Crippen LogP contribution in [0.1, 0.15) is 33.6 Å². The molecule has 3 nitrogen and oxygen atoms in total. The van der Waals surface area contributed by atoms with Crippen LogP contribution in [-0.4, -0.2) is 36.9 Å². The predicted octanol–water partition coefficient (Wildman–Crippen LogP) is 1.49. The Bertz CT molecular complexity index is 139. The normalized spacial score (nSPS) is 12.5. The molecule has 0 aromatic carbocycles. The molecule has 0 aromatic rings. The summed E-state index contributed by atoms with van der Waals surface area (Å²) in [5.74, 6) is 0.800. The summed E-state index contributed by atoms with van der Waals surface area (Å²) < 4.78 is 0. The fourth-order valence-corrected chi connectivity index (χ4v) is 1.15. The van der Waals surface area contributed by atoms with Crippen molar-refractivity contribution in [2.45, 2.75) is 33.6 Å². The average molecular weight is 185 g/mol. The molecule has 0 saturated carbocycles. The lowest BCUT2D eigenvalue weighted by atomic mass is 10.3. The molecule has 0 saturated heterocycles. The first kappa shape index (κ1) is 12.4. The van der Waals surface area contributed by atoms with Gasteiger partial charge in [0.2, 0.25) is 0 Å². The van der Waals surface area contributed by atoms with E-state index in [2.05, 4.69) is 30.7 Å². The van der Waals surface area contributed by atoms with Gasteiger partial charge in [0.1, 0.15) is 0 Å². The fraction of sp³-hybridized carbons (Fsp3) is 0.900. The Balaban J connectivity index is 3.60. The third kappa shape index (κ3) is 6.58. The van der Waals surface area contributed by atoms with Crippen LogP contribution in [0.25, 0.3) is 0 Å². The Morgan fingerprint density at radius 2 is 1.85 bits per heavy atom. The van der Waals surface area contributed by atoms with Gasteiger partial charge in [0, 0.05) is 19.5 Å². The fourth-order valence-electron chi connectivity index (χ4n) is 1.15. The quantitative estimate of drug-likeness (QED) is 0.482. The highest BCUT2D eigenvalue weighted by molar-refractivity contribution is 5.80. The number of nitrogens with zero attached hydrogens (tertiary/aromatic N) is 2. The first-order chi connectivity index (χ1) is 6.24. The molecule has 0 spiro atoms. The minimum absolute atomic E-state index is 0.800. The van der Waals surface area contributed by atoms with E-state index in [0.29, 0.717) is 0 Å². The zero-order valence-electron chi connectivity index (χ0n) is 9.21. The van der Waals surface area contributed by atoms with Crippen molar-refractivity contribution in [2.24, 2.45) is 10.7 Å². The predicted molar refractivity (Wildman–Crippen MR) is 59.2 cm³/mol. The summed E-state index contributed by atoms with van der Waals surface area (Å²) in [6.45, 7) is 10.5. The monoisotopic (exact) mass is 185 g/mol. The molecular formula is C10H23N3. The van der Waals surface area contributed by atoms with Crippen molar-refractivity contribution in [2.75, 3.05) is 26.2 Å². The van der Waals surface area contributed by atoms with E-state index in [1.807, 2.05) is 0 Å². The molecule has 0 aliphatic rings. The van der Waals surface area contributed by atoms with Gasteiger partial charge in [-0.2, -0.15) is 0 Å². The molecule has 0 aliphatic heterocycles. The highest BCUT2D eigenvalue weighted by Crippen LogP contribution is 1.91. The van der Waals surface area contributed by atoms with E-state index in [1.54, 1.807) is 0 Å². The maximum absolute atomic E-state index is 5.74. The lowest BCUT2D eigenvalue weighted by Gasteiger charge is -2.17. The van der Waals surface area contributed by atoms with Gasteiger partial charge in [-0.1, -0.05) is 20.8 Å². The van der Waals surface area contributed by atoms with Crippen LogP contribution in [0.5, 0.6) is 0 Å². The zero-order valence-corrected chi connectivity index (χ0v) is 9.21. The van der Waals surface area contributed by atoms with E-state index in [1.165, 1.54) is 0 Å². The molecule has 0 atom stereocenters. The second-order valence-electron chi connectivity index (χ2n) is 3.15. The van der Waals surface area contributed by atoms with Crippen molar-refractivity contribution in [1.82, 2.24) is 4.90 Å². The van der Waals surface area contributed by atoms with Crippen LogP contribution in [0.4, 0.5) is 0 Å². The molecule has 0 aromatic heterocycles. The van der Waals surface area contributed by atoms with Crippen molar-refractivity contribution >= 4 is 5.84 Å². The summed E-state index contributed by atoms with van der Waals surface area (Å²) in [6, 6.07) is 0. The second kappa shape index (κ2) is 8.05. The maximum atomic E-state index is 5.74. The summed E-state index contributed by atoms with van der Waals surface area (Å²) in [5, 5.41) is 0. The number of hydrogen-bond donors (Lipinski definition) is 1. The molecule has 0 fully saturated rings. The first-order valence-corrected chi connectivity index (χ1v) is 5.25. The lowest BCUT2D eigenvalue weighted by molar-refractivity contribution is 0.313. The average Bonchev–Trinajstić information content (AvgIpc) is 2.16. The number of aliphatic imine (C=N–C) groups is 1. The number of hydrogen-bond acceptors (Lipinski definition) is 2. The summed E-state index contributed by atoms with van der Waals surface area (Å²) >= 11 is 0. The van der Waals surface area contributed by atoms with Crippen LogP contribution in [0.2, 0.25) is 0 Å². The molecule has 0 amide bonds. The van der Waals surface area contributed by atoms with Gasteiger partial charge in [0.05, 0.1) is 5.84 Å². The third-order valence-corrected chi connectivity index (χ3v) is 2.12. The van der Waals surface area contributed by atoms with E-state index in [-0.39, 0.29) is 0 Å². The summed E-state index contributed by atoms with van der Waals surface area (Å²) in [6.07, 6.45) is 1.98. The van der Waals surface area contributed by atoms with Crippen LogP contribution < -0.4 is 5.73 Å². The Labute approximate surface area is 82.0 Å². The lowest BCUT2D eigenvalue weighted by Crippen LogP contribution is -2.28. The summed E-state index contributed by atoms with van der Waals surface area (Å²) in [4.78, 5) is 6.61. The summed E-state index contributed by atoms with van der Waals surface area (Å²) in [5.41, 5.74) is 5.74. The summed E-state index contributed by atoms with van der Waals surface area (Å²) in [7, 11) is 0. The van der Waals surface area contributed by atoms with Crippen molar-refractivity contribution in [3.05, 3.63) is 0 Å². The van der Waals surface area contributed by atoms with Crippen LogP contribution in [0, 0.1) is 0 Å². The van der Waals surface area contributed by atoms with Gasteiger partial charge in [-0.15, -0.1) is 0 Å². The smallest absolute Gasteiger partial charge is 0.0949 e. The van der Waals surface area contributed by atoms with Crippen LogP contribution in [0.3, 0.4) is 0 Å². The Morgan fingerprint density at radius 1 is 1.23 bits per heavy atom. The van der Waals surface area contributed by atoms with Crippen molar-refractivity contribution in [3.63, 3.8) is 0 Å². The van der Waals surface area contributed by atoms with Crippen molar-refractivity contribution in [3.8, 4) is 0 Å². The van der Waals surface area contributed by atoms with Crippen LogP contribution >= 0.6 is 0 Å². The molecule has 0 heterocycles. The Morgan fingerprint density at radius 3 is 2.31 bits per heavy atom. The van der Waals surface area contributed by atoms with Crippen LogP contribution in [-0.2, 0) is 0 Å². The molecule has 3 heteroatoms. The van der Waals surface area contributed by atoms with Gasteiger partial charge in [-0.25, -0.2) is 0 Å². The molecule has 2 N–H and O–H groups in total. The Hall–Kier alpha value is -0.570. The van der Waals surface area contributed by atoms with E-state index in [4.69, 9.17) is 5.73 Å². The molecule has 13 heavy (non-hydrogen) atoms. The molecule has 78 valence electrons. The zero-order chi connectivity index (χ0) is 10.1. The minimum Gasteiger partial charge on any atom is -0.387 e. The minimum atomic E-state index is 0.800. The van der Waals surface area contributed by atoms with Gasteiger partial charge >= 0.3 is 0 Å². The number of rotatable bonds is 7. The SMILES string of the molecule is CCCN=C(N)CCN(CC)CC. The molecule has 0 unspecified atom stereocenters. The maximum Gasteiger partial charge on any atom is 0.0949 e. The van der Waals surface area contributed by atoms with Gasteiger partial charge in [0.15, 0.2) is 0 Å². The molecule has 0 bridgehead atoms.